The molecule has 21 rings (SSSR count). The zero-order valence-electron chi connectivity index (χ0n) is 56.4. The molecule has 0 spiro atoms. The molecule has 103 heavy (non-hydrogen) atoms. The lowest BCUT2D eigenvalue weighted by Gasteiger charge is -2.17. The molecule has 5 nitrogen and oxygen atoms in total. The maximum atomic E-state index is 6.32. The Morgan fingerprint density at radius 3 is 1.36 bits per heavy atom. The molecule has 1 unspecified atom stereocenters. The van der Waals surface area contributed by atoms with E-state index in [1.807, 2.05) is 18.2 Å². The van der Waals surface area contributed by atoms with Crippen LogP contribution in [0.2, 0.25) is 0 Å². The Bertz CT molecular complexity index is 6880. The third-order valence-electron chi connectivity index (χ3n) is 21.8. The highest BCUT2D eigenvalue weighted by atomic mass is 16.3. The Morgan fingerprint density at radius 1 is 0.252 bits per heavy atom. The first-order valence-corrected chi connectivity index (χ1v) is 35.5. The van der Waals surface area contributed by atoms with Crippen LogP contribution in [0.3, 0.4) is 0 Å². The van der Waals surface area contributed by atoms with E-state index in [9.17, 15) is 0 Å². The van der Waals surface area contributed by atoms with Crippen molar-refractivity contribution in [3.63, 3.8) is 0 Å². The molecule has 5 heterocycles. The first kappa shape index (κ1) is 58.6. The third-order valence-corrected chi connectivity index (χ3v) is 21.8. The van der Waals surface area contributed by atoms with Crippen molar-refractivity contribution in [2.45, 2.75) is 13.3 Å². The number of quaternary nitrogens is 1. The van der Waals surface area contributed by atoms with Crippen LogP contribution < -0.4 is 4.90 Å². The summed E-state index contributed by atoms with van der Waals surface area (Å²) in [7, 11) is 0. The van der Waals surface area contributed by atoms with Crippen molar-refractivity contribution in [2.24, 2.45) is 0 Å². The first-order valence-electron chi connectivity index (χ1n) is 35.5. The molecule has 0 aliphatic carbocycles. The predicted molar refractivity (Wildman–Crippen MR) is 428 cm³/mol. The lowest BCUT2D eigenvalue weighted by Crippen LogP contribution is -2.95. The number of rotatable bonds is 11. The van der Waals surface area contributed by atoms with Crippen LogP contribution >= 0.6 is 0 Å². The van der Waals surface area contributed by atoms with Crippen molar-refractivity contribution >= 4 is 105 Å². The van der Waals surface area contributed by atoms with Gasteiger partial charge in [-0.1, -0.05) is 200 Å². The van der Waals surface area contributed by atoms with Crippen LogP contribution in [0.1, 0.15) is 16.7 Å². The Balaban J connectivity index is 0.615. The standard InChI is InChI=1S/C98H63N3O2/c1-61-50-68(63-18-15-20-65(53-63)70-40-46-93-85(57-70)79-27-6-11-32-90(79)100(93)75-25-17-22-67(55-75)72-42-45-92-84(59-72)78-26-5-10-31-89(78)99(92)74-23-3-2-4-24-74)39-44-77(61)83-56-69(37-38-73(83)51-62-36-48-97-87(52-62)81-29-8-13-34-95(81)102-97)64-19-16-21-66(54-64)71-41-47-94-86(58-71)80-28-7-12-33-91(80)101(94)76-43-49-98-88(60-76)82-30-9-14-35-96(82)103-98/h2-50,52-60H,51H2,1H3/p+1. The van der Waals surface area contributed by atoms with Gasteiger partial charge in [-0.3, -0.25) is 0 Å². The smallest absolute Gasteiger partial charge is 0.149 e. The zero-order valence-corrected chi connectivity index (χ0v) is 56.4. The number of nitrogens with one attached hydrogen (secondary N) is 1. The number of aromatic nitrogens is 2. The minimum absolute atomic E-state index is 0.754. The molecule has 0 fully saturated rings. The van der Waals surface area contributed by atoms with Crippen molar-refractivity contribution in [3.05, 3.63) is 369 Å². The van der Waals surface area contributed by atoms with Gasteiger partial charge in [-0.25, -0.2) is 4.90 Å². The summed E-state index contributed by atoms with van der Waals surface area (Å²) in [6, 6.07) is 130. The van der Waals surface area contributed by atoms with Gasteiger partial charge < -0.3 is 18.0 Å². The monoisotopic (exact) mass is 1310 g/mol. The van der Waals surface area contributed by atoms with Crippen LogP contribution in [0.15, 0.2) is 361 Å². The van der Waals surface area contributed by atoms with E-state index < -0.39 is 0 Å². The lowest BCUT2D eigenvalue weighted by atomic mass is 9.87. The van der Waals surface area contributed by atoms with Crippen LogP contribution in [0, 0.1) is 6.92 Å². The summed E-state index contributed by atoms with van der Waals surface area (Å²) < 4.78 is 17.4. The van der Waals surface area contributed by atoms with E-state index in [1.54, 1.807) is 0 Å². The molecule has 1 atom stereocenters. The van der Waals surface area contributed by atoms with Crippen molar-refractivity contribution in [2.75, 3.05) is 0 Å². The molecule has 16 aromatic carbocycles. The van der Waals surface area contributed by atoms with Gasteiger partial charge in [0.15, 0.2) is 0 Å². The average molecular weight is 1320 g/mol. The van der Waals surface area contributed by atoms with Crippen molar-refractivity contribution in [1.82, 2.24) is 9.13 Å². The normalized spacial score (nSPS) is 12.8. The molecule has 4 aromatic heterocycles. The van der Waals surface area contributed by atoms with Gasteiger partial charge in [0.05, 0.1) is 27.6 Å². The number of nitrogens with zero attached hydrogens (tertiary/aromatic N) is 2. The van der Waals surface area contributed by atoms with Crippen LogP contribution in [-0.2, 0) is 6.42 Å². The quantitative estimate of drug-likeness (QED) is 0.140. The van der Waals surface area contributed by atoms with Gasteiger partial charge >= 0.3 is 0 Å². The Morgan fingerprint density at radius 2 is 0.709 bits per heavy atom. The van der Waals surface area contributed by atoms with E-state index in [0.717, 1.165) is 72.8 Å². The molecule has 0 amide bonds. The predicted octanol–water partition coefficient (Wildman–Crippen LogP) is 25.7. The number of para-hydroxylation sites is 6. The minimum Gasteiger partial charge on any atom is -0.456 e. The van der Waals surface area contributed by atoms with Crippen LogP contribution in [-0.4, -0.2) is 9.13 Å². The maximum Gasteiger partial charge on any atom is 0.149 e. The van der Waals surface area contributed by atoms with E-state index in [-0.39, 0.29) is 0 Å². The van der Waals surface area contributed by atoms with Crippen molar-refractivity contribution in [1.29, 1.82) is 0 Å². The van der Waals surface area contributed by atoms with Gasteiger partial charge in [-0.15, -0.1) is 0 Å². The minimum atomic E-state index is 0.754. The van der Waals surface area contributed by atoms with Crippen LogP contribution in [0.4, 0.5) is 17.1 Å². The van der Waals surface area contributed by atoms with Crippen LogP contribution in [0.25, 0.3) is 177 Å². The van der Waals surface area contributed by atoms with E-state index in [0.29, 0.717) is 0 Å². The topological polar surface area (TPSA) is 40.6 Å². The molecular formula is C98H64N3O2+. The highest BCUT2D eigenvalue weighted by molar-refractivity contribution is 6.13. The number of benzene rings is 16. The van der Waals surface area contributed by atoms with E-state index in [1.165, 1.54) is 149 Å². The van der Waals surface area contributed by atoms with E-state index in [2.05, 4.69) is 350 Å². The molecule has 482 valence electrons. The summed E-state index contributed by atoms with van der Waals surface area (Å²) in [5, 5.41) is 9.39. The Kier molecular flexibility index (Phi) is 13.3. The molecule has 0 saturated heterocycles. The molecule has 1 aliphatic heterocycles. The summed E-state index contributed by atoms with van der Waals surface area (Å²) in [6.45, 7) is 2.28. The van der Waals surface area contributed by atoms with Gasteiger partial charge in [0, 0.05) is 72.2 Å². The fraction of sp³-hybridized carbons (Fsp3) is 0.0204. The highest BCUT2D eigenvalue weighted by Crippen LogP contribution is 2.45. The number of furan rings is 2. The largest absolute Gasteiger partial charge is 0.456 e. The SMILES string of the molecule is Cc1cc(-c2cccc(-c3ccc4c(c3)c3ccccc3n4-c3cccc(-c4ccc5c(c4)-c4ccccc4[NH+]5c4ccccc4)c3)c2)ccc1-c1cc(-c2cccc(-c3ccc4c(c3)c3ccccc3n4-c3ccc4oc5ccccc5c4c3)c2)ccc1Cc1ccc2oc3ccccc3c2c1. The Hall–Kier alpha value is -13.3. The van der Waals surface area contributed by atoms with Gasteiger partial charge in [0.1, 0.15) is 39.4 Å². The fourth-order valence-corrected chi connectivity index (χ4v) is 16.9. The third kappa shape index (κ3) is 9.66. The number of fused-ring (bicyclic) bond motifs is 15. The van der Waals surface area contributed by atoms with Crippen molar-refractivity contribution < 1.29 is 13.7 Å². The summed E-state index contributed by atoms with van der Waals surface area (Å²) in [5.74, 6) is 0. The number of aryl methyl sites for hydroxylation is 1. The maximum absolute atomic E-state index is 6.32. The van der Waals surface area contributed by atoms with E-state index >= 15 is 0 Å². The fourth-order valence-electron chi connectivity index (χ4n) is 16.9. The molecule has 0 bridgehead atoms. The average Bonchev–Trinajstić information content (AvgIpc) is 1.61. The summed E-state index contributed by atoms with van der Waals surface area (Å²) in [5.41, 5.74) is 34.8. The van der Waals surface area contributed by atoms with Gasteiger partial charge in [0.25, 0.3) is 0 Å². The van der Waals surface area contributed by atoms with Gasteiger partial charge in [0.2, 0.25) is 0 Å². The highest BCUT2D eigenvalue weighted by Gasteiger charge is 2.33. The molecular weight excluding hydrogens is 1250 g/mol. The Labute approximate surface area is 594 Å². The zero-order chi connectivity index (χ0) is 67.8. The molecule has 5 heteroatoms. The lowest BCUT2D eigenvalue weighted by molar-refractivity contribution is -0.677. The number of hydrogen-bond donors (Lipinski definition) is 1. The summed E-state index contributed by atoms with van der Waals surface area (Å²) >= 11 is 0. The number of hydrogen-bond acceptors (Lipinski definition) is 2. The molecule has 0 radical (unpaired) electrons. The molecule has 0 saturated carbocycles. The molecule has 1 N–H and O–H groups in total. The second-order valence-electron chi connectivity index (χ2n) is 27.7. The summed E-state index contributed by atoms with van der Waals surface area (Å²) in [4.78, 5) is 1.30. The molecule has 1 aliphatic rings. The second-order valence-corrected chi connectivity index (χ2v) is 27.7. The van der Waals surface area contributed by atoms with Gasteiger partial charge in [-0.2, -0.15) is 0 Å². The van der Waals surface area contributed by atoms with Gasteiger partial charge in [-0.05, 0) is 236 Å². The first-order chi connectivity index (χ1) is 50.9. The van der Waals surface area contributed by atoms with E-state index in [4.69, 9.17) is 8.83 Å². The van der Waals surface area contributed by atoms with Crippen LogP contribution in [0.5, 0.6) is 0 Å². The van der Waals surface area contributed by atoms with Crippen molar-refractivity contribution in [3.8, 4) is 89.3 Å². The summed E-state index contributed by atoms with van der Waals surface area (Å²) in [6.07, 6.45) is 0.754. The molecule has 20 aromatic rings. The second kappa shape index (κ2) is 23.4.